The second kappa shape index (κ2) is 4.07. The van der Waals surface area contributed by atoms with Crippen molar-refractivity contribution in [3.05, 3.63) is 53.9 Å². The molecule has 0 bridgehead atoms. The summed E-state index contributed by atoms with van der Waals surface area (Å²) in [5, 5.41) is 10.0. The van der Waals surface area contributed by atoms with Gasteiger partial charge in [-0.05, 0) is 17.9 Å². The standard InChI is InChI=1S/C14H11N3O/c1-10-6-7-11-4-2-3-5-13(11)14(10)17-8-12(9-18)15-16-17/h2-9H,1H3. The highest BCUT2D eigenvalue weighted by molar-refractivity contribution is 5.91. The van der Waals surface area contributed by atoms with Gasteiger partial charge < -0.3 is 0 Å². The first kappa shape index (κ1) is 10.7. The predicted octanol–water partition coefficient (Wildman–Crippen LogP) is 2.54. The Morgan fingerprint density at radius 3 is 2.78 bits per heavy atom. The van der Waals surface area contributed by atoms with E-state index in [0.29, 0.717) is 12.0 Å². The van der Waals surface area contributed by atoms with Gasteiger partial charge in [-0.2, -0.15) is 0 Å². The summed E-state index contributed by atoms with van der Waals surface area (Å²) in [6, 6.07) is 12.2. The summed E-state index contributed by atoms with van der Waals surface area (Å²) in [7, 11) is 0. The van der Waals surface area contributed by atoms with Crippen LogP contribution in [0, 0.1) is 6.92 Å². The van der Waals surface area contributed by atoms with E-state index in [2.05, 4.69) is 22.4 Å². The van der Waals surface area contributed by atoms with Crippen LogP contribution in [-0.4, -0.2) is 21.3 Å². The van der Waals surface area contributed by atoms with Gasteiger partial charge in [-0.25, -0.2) is 4.68 Å². The van der Waals surface area contributed by atoms with Crippen LogP contribution in [0.3, 0.4) is 0 Å². The van der Waals surface area contributed by atoms with Gasteiger partial charge in [0.15, 0.2) is 6.29 Å². The number of hydrogen-bond donors (Lipinski definition) is 0. The Morgan fingerprint density at radius 2 is 2.00 bits per heavy atom. The molecule has 0 aliphatic carbocycles. The van der Waals surface area contributed by atoms with Gasteiger partial charge >= 0.3 is 0 Å². The fraction of sp³-hybridized carbons (Fsp3) is 0.0714. The van der Waals surface area contributed by atoms with Crippen molar-refractivity contribution < 1.29 is 4.79 Å². The molecule has 0 atom stereocenters. The average molecular weight is 237 g/mol. The topological polar surface area (TPSA) is 47.8 Å². The van der Waals surface area contributed by atoms with Crippen molar-refractivity contribution in [2.75, 3.05) is 0 Å². The van der Waals surface area contributed by atoms with Gasteiger partial charge in [0.05, 0.1) is 11.9 Å². The summed E-state index contributed by atoms with van der Waals surface area (Å²) in [6.07, 6.45) is 2.34. The number of rotatable bonds is 2. The Morgan fingerprint density at radius 1 is 1.17 bits per heavy atom. The number of aldehydes is 1. The Kier molecular flexibility index (Phi) is 2.41. The minimum absolute atomic E-state index is 0.335. The lowest BCUT2D eigenvalue weighted by Crippen LogP contribution is -1.99. The van der Waals surface area contributed by atoms with Gasteiger partial charge in [0.2, 0.25) is 0 Å². The minimum atomic E-state index is 0.335. The highest BCUT2D eigenvalue weighted by atomic mass is 16.1. The molecule has 0 amide bonds. The van der Waals surface area contributed by atoms with Crippen molar-refractivity contribution in [1.82, 2.24) is 15.0 Å². The zero-order chi connectivity index (χ0) is 12.5. The van der Waals surface area contributed by atoms with Crippen LogP contribution < -0.4 is 0 Å². The van der Waals surface area contributed by atoms with E-state index in [1.165, 1.54) is 0 Å². The molecule has 0 N–H and O–H groups in total. The first-order valence-electron chi connectivity index (χ1n) is 5.66. The zero-order valence-electron chi connectivity index (χ0n) is 9.87. The molecular formula is C14H11N3O. The molecule has 3 rings (SSSR count). The molecule has 4 heteroatoms. The number of hydrogen-bond acceptors (Lipinski definition) is 3. The Hall–Kier alpha value is -2.49. The van der Waals surface area contributed by atoms with Crippen LogP contribution in [0.2, 0.25) is 0 Å². The molecule has 0 aliphatic heterocycles. The van der Waals surface area contributed by atoms with Crippen LogP contribution in [-0.2, 0) is 0 Å². The average Bonchev–Trinajstić information content (AvgIpc) is 2.87. The van der Waals surface area contributed by atoms with Crippen molar-refractivity contribution >= 4 is 17.1 Å². The first-order chi connectivity index (χ1) is 8.79. The molecule has 18 heavy (non-hydrogen) atoms. The van der Waals surface area contributed by atoms with Crippen molar-refractivity contribution in [2.45, 2.75) is 6.92 Å². The van der Waals surface area contributed by atoms with Gasteiger partial charge in [0.25, 0.3) is 0 Å². The maximum absolute atomic E-state index is 10.7. The number of nitrogens with zero attached hydrogens (tertiary/aromatic N) is 3. The van der Waals surface area contributed by atoms with E-state index in [1.807, 2.05) is 31.2 Å². The van der Waals surface area contributed by atoms with E-state index in [9.17, 15) is 4.79 Å². The maximum atomic E-state index is 10.7. The quantitative estimate of drug-likeness (QED) is 0.643. The zero-order valence-corrected chi connectivity index (χ0v) is 9.87. The smallest absolute Gasteiger partial charge is 0.171 e. The second-order valence-corrected chi connectivity index (χ2v) is 4.16. The Labute approximate surface area is 104 Å². The van der Waals surface area contributed by atoms with Crippen LogP contribution >= 0.6 is 0 Å². The third kappa shape index (κ3) is 1.59. The molecule has 1 heterocycles. The highest BCUT2D eigenvalue weighted by Gasteiger charge is 2.08. The molecule has 88 valence electrons. The number of carbonyl (C=O) groups is 1. The fourth-order valence-electron chi connectivity index (χ4n) is 2.11. The molecule has 0 unspecified atom stereocenters. The van der Waals surface area contributed by atoms with Gasteiger partial charge in [-0.3, -0.25) is 4.79 Å². The molecule has 2 aromatic carbocycles. The second-order valence-electron chi connectivity index (χ2n) is 4.16. The maximum Gasteiger partial charge on any atom is 0.171 e. The van der Waals surface area contributed by atoms with Crippen LogP contribution in [0.25, 0.3) is 16.5 Å². The molecule has 0 fully saturated rings. The highest BCUT2D eigenvalue weighted by Crippen LogP contribution is 2.25. The van der Waals surface area contributed by atoms with E-state index in [4.69, 9.17) is 0 Å². The van der Waals surface area contributed by atoms with Gasteiger partial charge in [0.1, 0.15) is 5.69 Å². The molecule has 0 saturated carbocycles. The molecule has 1 aromatic heterocycles. The summed E-state index contributed by atoms with van der Waals surface area (Å²) in [6.45, 7) is 2.02. The normalized spacial score (nSPS) is 10.7. The van der Waals surface area contributed by atoms with E-state index in [1.54, 1.807) is 10.9 Å². The number of aromatic nitrogens is 3. The monoisotopic (exact) mass is 237 g/mol. The largest absolute Gasteiger partial charge is 0.296 e. The molecule has 0 spiro atoms. The van der Waals surface area contributed by atoms with E-state index < -0.39 is 0 Å². The summed E-state index contributed by atoms with van der Waals surface area (Å²) in [5.74, 6) is 0. The van der Waals surface area contributed by atoms with E-state index in [-0.39, 0.29) is 0 Å². The number of fused-ring (bicyclic) bond motifs is 1. The summed E-state index contributed by atoms with van der Waals surface area (Å²) in [5.41, 5.74) is 2.40. The predicted molar refractivity (Wildman–Crippen MR) is 69.0 cm³/mol. The molecule has 0 radical (unpaired) electrons. The first-order valence-corrected chi connectivity index (χ1v) is 5.66. The van der Waals surface area contributed by atoms with Gasteiger partial charge in [-0.1, -0.05) is 41.6 Å². The molecule has 3 aromatic rings. The number of benzene rings is 2. The lowest BCUT2D eigenvalue weighted by molar-refractivity contribution is 0.111. The molecular weight excluding hydrogens is 226 g/mol. The van der Waals surface area contributed by atoms with E-state index in [0.717, 1.165) is 22.0 Å². The molecule has 0 aliphatic rings. The SMILES string of the molecule is Cc1ccc2ccccc2c1-n1cc(C=O)nn1. The van der Waals surface area contributed by atoms with E-state index >= 15 is 0 Å². The van der Waals surface area contributed by atoms with Crippen LogP contribution in [0.5, 0.6) is 0 Å². The Balaban J connectivity index is 2.33. The van der Waals surface area contributed by atoms with Crippen LogP contribution in [0.15, 0.2) is 42.6 Å². The van der Waals surface area contributed by atoms with Crippen molar-refractivity contribution in [2.24, 2.45) is 0 Å². The summed E-state index contributed by atoms with van der Waals surface area (Å²) in [4.78, 5) is 10.7. The van der Waals surface area contributed by atoms with Crippen LogP contribution in [0.1, 0.15) is 16.1 Å². The molecule has 0 saturated heterocycles. The minimum Gasteiger partial charge on any atom is -0.296 e. The number of aryl methyl sites for hydroxylation is 1. The summed E-state index contributed by atoms with van der Waals surface area (Å²) < 4.78 is 1.65. The summed E-state index contributed by atoms with van der Waals surface area (Å²) >= 11 is 0. The van der Waals surface area contributed by atoms with Crippen molar-refractivity contribution in [1.29, 1.82) is 0 Å². The van der Waals surface area contributed by atoms with Gasteiger partial charge in [0, 0.05) is 5.39 Å². The third-order valence-corrected chi connectivity index (χ3v) is 2.96. The molecule has 4 nitrogen and oxygen atoms in total. The van der Waals surface area contributed by atoms with Gasteiger partial charge in [-0.15, -0.1) is 5.10 Å². The van der Waals surface area contributed by atoms with Crippen LogP contribution in [0.4, 0.5) is 0 Å². The lowest BCUT2D eigenvalue weighted by Gasteiger charge is -2.09. The number of carbonyl (C=O) groups excluding carboxylic acids is 1. The van der Waals surface area contributed by atoms with Crippen molar-refractivity contribution in [3.63, 3.8) is 0 Å². The lowest BCUT2D eigenvalue weighted by atomic mass is 10.0. The van der Waals surface area contributed by atoms with Crippen molar-refractivity contribution in [3.8, 4) is 5.69 Å². The third-order valence-electron chi connectivity index (χ3n) is 2.96. The Bertz CT molecular complexity index is 731. The fourth-order valence-corrected chi connectivity index (χ4v) is 2.11.